The first-order valence-electron chi connectivity index (χ1n) is 7.70. The van der Waals surface area contributed by atoms with Crippen LogP contribution in [0.3, 0.4) is 0 Å². The fourth-order valence-corrected chi connectivity index (χ4v) is 3.16. The Kier molecular flexibility index (Phi) is 6.63. The van der Waals surface area contributed by atoms with E-state index in [2.05, 4.69) is 70.9 Å². The van der Waals surface area contributed by atoms with Gasteiger partial charge in [-0.25, -0.2) is 4.98 Å². The molecule has 0 bridgehead atoms. The smallest absolute Gasteiger partial charge is 0.185 e. The van der Waals surface area contributed by atoms with Crippen molar-refractivity contribution in [2.24, 2.45) is 0 Å². The van der Waals surface area contributed by atoms with Crippen molar-refractivity contribution in [1.82, 2.24) is 15.2 Å². The second-order valence-corrected chi connectivity index (χ2v) is 8.34. The molecule has 1 aromatic rings. The van der Waals surface area contributed by atoms with Crippen LogP contribution >= 0.6 is 11.3 Å². The van der Waals surface area contributed by atoms with Gasteiger partial charge in [-0.05, 0) is 14.1 Å². The first-order chi connectivity index (χ1) is 9.61. The van der Waals surface area contributed by atoms with Gasteiger partial charge in [0.25, 0.3) is 0 Å². The minimum atomic E-state index is 0.0884. The number of thiazole rings is 1. The summed E-state index contributed by atoms with van der Waals surface area (Å²) in [4.78, 5) is 10.8. The van der Waals surface area contributed by atoms with Gasteiger partial charge in [-0.15, -0.1) is 11.3 Å². The minimum absolute atomic E-state index is 0.0884. The average molecular weight is 313 g/mol. The Bertz CT molecular complexity index is 432. The van der Waals surface area contributed by atoms with Gasteiger partial charge < -0.3 is 15.1 Å². The molecular weight excluding hydrogens is 280 g/mol. The number of nitrogens with zero attached hydrogens (tertiary/aromatic N) is 3. The molecule has 0 fully saturated rings. The Morgan fingerprint density at radius 3 is 2.24 bits per heavy atom. The number of likely N-dealkylation sites (N-methyl/N-ethyl adjacent to an activating group) is 2. The number of nitrogens with one attached hydrogen (secondary N) is 1. The lowest BCUT2D eigenvalue weighted by molar-refractivity contribution is 0.416. The second kappa shape index (κ2) is 7.56. The maximum Gasteiger partial charge on any atom is 0.185 e. The lowest BCUT2D eigenvalue weighted by atomic mass is 9.91. The zero-order valence-corrected chi connectivity index (χ0v) is 15.8. The molecule has 0 saturated carbocycles. The van der Waals surface area contributed by atoms with Crippen molar-refractivity contribution < 1.29 is 0 Å². The van der Waals surface area contributed by atoms with E-state index >= 15 is 0 Å². The van der Waals surface area contributed by atoms with Crippen molar-refractivity contribution in [3.63, 3.8) is 0 Å². The van der Waals surface area contributed by atoms with E-state index in [0.717, 1.165) is 24.8 Å². The Morgan fingerprint density at radius 1 is 1.14 bits per heavy atom. The first-order valence-corrected chi connectivity index (χ1v) is 8.52. The summed E-state index contributed by atoms with van der Waals surface area (Å²) in [6, 6.07) is 0.495. The van der Waals surface area contributed by atoms with Gasteiger partial charge in [0.15, 0.2) is 5.13 Å². The van der Waals surface area contributed by atoms with E-state index in [1.54, 1.807) is 0 Å². The van der Waals surface area contributed by atoms with Gasteiger partial charge in [0.05, 0.1) is 5.69 Å². The highest BCUT2D eigenvalue weighted by Gasteiger charge is 2.24. The average Bonchev–Trinajstić information content (AvgIpc) is 2.77. The summed E-state index contributed by atoms with van der Waals surface area (Å²) < 4.78 is 0. The maximum absolute atomic E-state index is 4.92. The third-order valence-corrected chi connectivity index (χ3v) is 4.45. The zero-order chi connectivity index (χ0) is 16.2. The van der Waals surface area contributed by atoms with Crippen LogP contribution in [0.5, 0.6) is 0 Å². The first kappa shape index (κ1) is 18.4. The summed E-state index contributed by atoms with van der Waals surface area (Å²) in [6.45, 7) is 14.0. The molecule has 1 aromatic heterocycles. The zero-order valence-electron chi connectivity index (χ0n) is 14.9. The lowest BCUT2D eigenvalue weighted by Gasteiger charge is -2.19. The van der Waals surface area contributed by atoms with Gasteiger partial charge in [0.1, 0.15) is 0 Å². The van der Waals surface area contributed by atoms with Crippen LogP contribution in [0.4, 0.5) is 5.13 Å². The molecule has 0 spiro atoms. The molecule has 0 aliphatic rings. The fraction of sp³-hybridized carbons (Fsp3) is 0.812. The van der Waals surface area contributed by atoms with E-state index in [0.29, 0.717) is 6.04 Å². The van der Waals surface area contributed by atoms with E-state index in [1.807, 2.05) is 11.3 Å². The van der Waals surface area contributed by atoms with Gasteiger partial charge >= 0.3 is 0 Å². The fourth-order valence-electron chi connectivity index (χ4n) is 1.95. The Morgan fingerprint density at radius 2 is 1.76 bits per heavy atom. The van der Waals surface area contributed by atoms with Crippen LogP contribution in [0, 0.1) is 0 Å². The van der Waals surface area contributed by atoms with E-state index in [1.165, 1.54) is 10.6 Å². The van der Waals surface area contributed by atoms with Crippen LogP contribution in [-0.4, -0.2) is 50.2 Å². The predicted octanol–water partition coefficient (Wildman–Crippen LogP) is 2.94. The summed E-state index contributed by atoms with van der Waals surface area (Å²) in [5.74, 6) is 0. The number of hydrogen-bond donors (Lipinski definition) is 1. The Hall–Kier alpha value is -0.650. The molecule has 0 amide bonds. The standard InChI is InChI=1S/C16H32N4S/c1-12(2)17-11-13-14(16(3,4)5)18-15(21-13)20(8)10-9-19(6)7/h12,17H,9-11H2,1-8H3. The van der Waals surface area contributed by atoms with Crippen LogP contribution in [0.25, 0.3) is 0 Å². The molecule has 4 nitrogen and oxygen atoms in total. The summed E-state index contributed by atoms with van der Waals surface area (Å²) in [6.07, 6.45) is 0. The summed E-state index contributed by atoms with van der Waals surface area (Å²) in [5, 5.41) is 4.65. The predicted molar refractivity (Wildman–Crippen MR) is 94.6 cm³/mol. The number of hydrogen-bond acceptors (Lipinski definition) is 5. The third-order valence-electron chi connectivity index (χ3n) is 3.28. The Labute approximate surface area is 134 Å². The quantitative estimate of drug-likeness (QED) is 0.839. The number of aromatic nitrogens is 1. The van der Waals surface area contributed by atoms with Gasteiger partial charge in [0.2, 0.25) is 0 Å². The molecule has 0 aliphatic heterocycles. The molecule has 122 valence electrons. The van der Waals surface area contributed by atoms with Crippen molar-refractivity contribution in [2.75, 3.05) is 39.1 Å². The van der Waals surface area contributed by atoms with E-state index in [-0.39, 0.29) is 5.41 Å². The van der Waals surface area contributed by atoms with Crippen LogP contribution in [0.1, 0.15) is 45.2 Å². The van der Waals surface area contributed by atoms with Gasteiger partial charge in [-0.2, -0.15) is 0 Å². The summed E-state index contributed by atoms with van der Waals surface area (Å²) >= 11 is 1.82. The lowest BCUT2D eigenvalue weighted by Crippen LogP contribution is -2.28. The van der Waals surface area contributed by atoms with Crippen LogP contribution in [-0.2, 0) is 12.0 Å². The SMILES string of the molecule is CC(C)NCc1sc(N(C)CCN(C)C)nc1C(C)(C)C. The van der Waals surface area contributed by atoms with Crippen molar-refractivity contribution in [3.05, 3.63) is 10.6 Å². The van der Waals surface area contributed by atoms with Gasteiger partial charge in [-0.1, -0.05) is 34.6 Å². The van der Waals surface area contributed by atoms with Crippen molar-refractivity contribution in [1.29, 1.82) is 0 Å². The summed E-state index contributed by atoms with van der Waals surface area (Å²) in [5.41, 5.74) is 1.32. The molecule has 0 aliphatic carbocycles. The minimum Gasteiger partial charge on any atom is -0.350 e. The van der Waals surface area contributed by atoms with Crippen molar-refractivity contribution in [3.8, 4) is 0 Å². The normalized spacial score (nSPS) is 12.5. The van der Waals surface area contributed by atoms with E-state index in [9.17, 15) is 0 Å². The van der Waals surface area contributed by atoms with Gasteiger partial charge in [-0.3, -0.25) is 0 Å². The number of rotatable bonds is 7. The van der Waals surface area contributed by atoms with E-state index in [4.69, 9.17) is 4.98 Å². The highest BCUT2D eigenvalue weighted by molar-refractivity contribution is 7.15. The summed E-state index contributed by atoms with van der Waals surface area (Å²) in [7, 11) is 6.34. The molecule has 1 heterocycles. The molecule has 5 heteroatoms. The monoisotopic (exact) mass is 312 g/mol. The van der Waals surface area contributed by atoms with E-state index < -0.39 is 0 Å². The highest BCUT2D eigenvalue weighted by Crippen LogP contribution is 2.33. The molecule has 1 rings (SSSR count). The topological polar surface area (TPSA) is 31.4 Å². The third kappa shape index (κ3) is 5.93. The highest BCUT2D eigenvalue weighted by atomic mass is 32.1. The molecule has 0 unspecified atom stereocenters. The molecule has 0 atom stereocenters. The molecule has 21 heavy (non-hydrogen) atoms. The Balaban J connectivity index is 2.91. The molecule has 1 N–H and O–H groups in total. The number of anilines is 1. The van der Waals surface area contributed by atoms with Crippen molar-refractivity contribution >= 4 is 16.5 Å². The molecule has 0 radical (unpaired) electrons. The van der Waals surface area contributed by atoms with Crippen molar-refractivity contribution in [2.45, 2.75) is 52.6 Å². The van der Waals surface area contributed by atoms with Crippen LogP contribution in [0.2, 0.25) is 0 Å². The maximum atomic E-state index is 4.92. The molecule has 0 saturated heterocycles. The largest absolute Gasteiger partial charge is 0.350 e. The van der Waals surface area contributed by atoms with Gasteiger partial charge in [0, 0.05) is 43.0 Å². The molecule has 0 aromatic carbocycles. The van der Waals surface area contributed by atoms with Crippen LogP contribution < -0.4 is 10.2 Å². The molecular formula is C16H32N4S. The van der Waals surface area contributed by atoms with Crippen LogP contribution in [0.15, 0.2) is 0 Å². The second-order valence-electron chi connectivity index (χ2n) is 7.28.